The number of nitrogens with zero attached hydrogens (tertiary/aromatic N) is 2. The van der Waals surface area contributed by atoms with Gasteiger partial charge in [-0.15, -0.1) is 11.3 Å². The van der Waals surface area contributed by atoms with E-state index in [4.69, 9.17) is 0 Å². The van der Waals surface area contributed by atoms with Crippen molar-refractivity contribution in [2.24, 2.45) is 0 Å². The van der Waals surface area contributed by atoms with Gasteiger partial charge in [0.1, 0.15) is 5.01 Å². The predicted octanol–water partition coefficient (Wildman–Crippen LogP) is 5.03. The Balaban J connectivity index is 1.60. The topological polar surface area (TPSA) is 33.2 Å². The summed E-state index contributed by atoms with van der Waals surface area (Å²) in [4.78, 5) is 18.4. The van der Waals surface area contributed by atoms with Crippen molar-refractivity contribution in [1.29, 1.82) is 0 Å². The number of rotatable bonds is 5. The number of carbonyl (C=O) groups is 1. The van der Waals surface area contributed by atoms with Crippen LogP contribution in [0.3, 0.4) is 0 Å². The van der Waals surface area contributed by atoms with E-state index < -0.39 is 11.7 Å². The summed E-state index contributed by atoms with van der Waals surface area (Å²) < 4.78 is 37.8. The Morgan fingerprint density at radius 3 is 2.37 bits per heavy atom. The first-order chi connectivity index (χ1) is 12.8. The molecule has 0 radical (unpaired) electrons. The summed E-state index contributed by atoms with van der Waals surface area (Å²) in [6.07, 6.45) is -4.21. The van der Waals surface area contributed by atoms with Crippen LogP contribution in [0.5, 0.6) is 0 Å². The lowest BCUT2D eigenvalue weighted by atomic mass is 10.1. The number of amides is 1. The summed E-state index contributed by atoms with van der Waals surface area (Å²) in [5, 5.41) is 2.70. The van der Waals surface area contributed by atoms with Gasteiger partial charge in [-0.05, 0) is 17.7 Å². The number of alkyl halides is 3. The van der Waals surface area contributed by atoms with E-state index in [1.165, 1.54) is 28.4 Å². The second-order valence-electron chi connectivity index (χ2n) is 6.13. The van der Waals surface area contributed by atoms with E-state index in [9.17, 15) is 18.0 Å². The summed E-state index contributed by atoms with van der Waals surface area (Å²) >= 11 is 1.48. The zero-order chi connectivity index (χ0) is 19.4. The molecular formula is C20H17F3N2OS. The molecule has 3 nitrogen and oxygen atoms in total. The number of hydrogen-bond donors (Lipinski definition) is 0. The van der Waals surface area contributed by atoms with Crippen LogP contribution in [0.15, 0.2) is 60.0 Å². The first-order valence-electron chi connectivity index (χ1n) is 8.23. The summed E-state index contributed by atoms with van der Waals surface area (Å²) in [7, 11) is 1.63. The van der Waals surface area contributed by atoms with Crippen molar-refractivity contribution in [3.63, 3.8) is 0 Å². The van der Waals surface area contributed by atoms with E-state index in [1.54, 1.807) is 7.05 Å². The van der Waals surface area contributed by atoms with Gasteiger partial charge in [0, 0.05) is 24.5 Å². The fraction of sp³-hybridized carbons (Fsp3) is 0.200. The summed E-state index contributed by atoms with van der Waals surface area (Å²) in [5.41, 5.74) is 1.63. The van der Waals surface area contributed by atoms with Gasteiger partial charge in [0.25, 0.3) is 0 Å². The maximum atomic E-state index is 12.6. The molecule has 0 saturated carbocycles. The summed E-state index contributed by atoms with van der Waals surface area (Å²) in [6.45, 7) is 0.243. The minimum absolute atomic E-state index is 0.139. The van der Waals surface area contributed by atoms with Gasteiger partial charge in [-0.1, -0.05) is 42.5 Å². The molecule has 1 amide bonds. The molecular weight excluding hydrogens is 373 g/mol. The molecule has 2 aromatic carbocycles. The van der Waals surface area contributed by atoms with Gasteiger partial charge in [0.15, 0.2) is 0 Å². The first kappa shape index (κ1) is 19.1. The highest BCUT2D eigenvalue weighted by atomic mass is 32.1. The van der Waals surface area contributed by atoms with Gasteiger partial charge in [-0.25, -0.2) is 4.98 Å². The second-order valence-corrected chi connectivity index (χ2v) is 6.99. The highest BCUT2D eigenvalue weighted by molar-refractivity contribution is 7.13. The van der Waals surface area contributed by atoms with E-state index in [0.717, 1.165) is 22.7 Å². The van der Waals surface area contributed by atoms with Gasteiger partial charge in [-0.3, -0.25) is 4.79 Å². The Labute approximate surface area is 159 Å². The predicted molar refractivity (Wildman–Crippen MR) is 99.2 cm³/mol. The van der Waals surface area contributed by atoms with Crippen LogP contribution < -0.4 is 0 Å². The normalized spacial score (nSPS) is 11.4. The molecule has 0 bridgehead atoms. The number of aromatic nitrogens is 1. The number of halogens is 3. The van der Waals surface area contributed by atoms with Crippen molar-refractivity contribution in [3.05, 3.63) is 76.8 Å². The third kappa shape index (κ3) is 4.95. The third-order valence-electron chi connectivity index (χ3n) is 4.03. The van der Waals surface area contributed by atoms with E-state index in [0.29, 0.717) is 11.3 Å². The molecule has 27 heavy (non-hydrogen) atoms. The first-order valence-corrected chi connectivity index (χ1v) is 9.11. The van der Waals surface area contributed by atoms with Gasteiger partial charge in [0.05, 0.1) is 17.7 Å². The van der Waals surface area contributed by atoms with Crippen molar-refractivity contribution >= 4 is 17.2 Å². The fourth-order valence-corrected chi connectivity index (χ4v) is 3.38. The smallest absolute Gasteiger partial charge is 0.341 e. The van der Waals surface area contributed by atoms with Gasteiger partial charge in [0.2, 0.25) is 5.91 Å². The van der Waals surface area contributed by atoms with Crippen molar-refractivity contribution in [1.82, 2.24) is 9.88 Å². The van der Waals surface area contributed by atoms with Crippen LogP contribution in [0.1, 0.15) is 16.8 Å². The molecule has 0 saturated heterocycles. The van der Waals surface area contributed by atoms with Crippen molar-refractivity contribution in [2.45, 2.75) is 19.1 Å². The maximum Gasteiger partial charge on any atom is 0.416 e. The lowest BCUT2D eigenvalue weighted by molar-refractivity contribution is -0.137. The zero-order valence-electron chi connectivity index (χ0n) is 14.5. The van der Waals surface area contributed by atoms with E-state index in [2.05, 4.69) is 4.98 Å². The Morgan fingerprint density at radius 1 is 1.07 bits per heavy atom. The molecule has 7 heteroatoms. The Hall–Kier alpha value is -2.67. The van der Waals surface area contributed by atoms with Gasteiger partial charge >= 0.3 is 6.18 Å². The molecule has 0 aliphatic rings. The van der Waals surface area contributed by atoms with E-state index in [-0.39, 0.29) is 18.9 Å². The third-order valence-corrected chi connectivity index (χ3v) is 4.97. The number of carbonyl (C=O) groups excluding carboxylic acids is 1. The second kappa shape index (κ2) is 7.92. The van der Waals surface area contributed by atoms with Crippen LogP contribution in [0, 0.1) is 0 Å². The Morgan fingerprint density at radius 2 is 1.74 bits per heavy atom. The van der Waals surface area contributed by atoms with Crippen LogP contribution in [-0.2, 0) is 23.9 Å². The van der Waals surface area contributed by atoms with Crippen LogP contribution in [-0.4, -0.2) is 22.8 Å². The zero-order valence-corrected chi connectivity index (χ0v) is 15.3. The lowest BCUT2D eigenvalue weighted by Crippen LogP contribution is -2.27. The molecule has 1 heterocycles. The number of benzene rings is 2. The minimum Gasteiger partial charge on any atom is -0.341 e. The Kier molecular flexibility index (Phi) is 5.60. The molecule has 1 aromatic heterocycles. The van der Waals surface area contributed by atoms with Crippen molar-refractivity contribution in [2.75, 3.05) is 7.05 Å². The molecule has 0 aliphatic heterocycles. The van der Waals surface area contributed by atoms with Crippen LogP contribution >= 0.6 is 11.3 Å². The molecule has 0 aliphatic carbocycles. The van der Waals surface area contributed by atoms with Gasteiger partial charge in [-0.2, -0.15) is 13.2 Å². The molecule has 3 rings (SSSR count). The summed E-state index contributed by atoms with van der Waals surface area (Å²) in [6, 6.07) is 14.5. The van der Waals surface area contributed by atoms with E-state index >= 15 is 0 Å². The largest absolute Gasteiger partial charge is 0.416 e. The number of likely N-dealkylation sites (N-methyl/N-ethyl adjacent to an activating group) is 1. The molecule has 140 valence electrons. The molecule has 0 fully saturated rings. The average molecular weight is 390 g/mol. The number of thiazole rings is 1. The van der Waals surface area contributed by atoms with Crippen molar-refractivity contribution < 1.29 is 18.0 Å². The fourth-order valence-electron chi connectivity index (χ4n) is 2.55. The van der Waals surface area contributed by atoms with Crippen molar-refractivity contribution in [3.8, 4) is 10.6 Å². The monoisotopic (exact) mass is 390 g/mol. The van der Waals surface area contributed by atoms with E-state index in [1.807, 2.05) is 35.7 Å². The highest BCUT2D eigenvalue weighted by Crippen LogP contribution is 2.29. The summed E-state index contributed by atoms with van der Waals surface area (Å²) in [5.74, 6) is -0.139. The minimum atomic E-state index is -4.36. The quantitative estimate of drug-likeness (QED) is 0.612. The highest BCUT2D eigenvalue weighted by Gasteiger charge is 2.30. The lowest BCUT2D eigenvalue weighted by Gasteiger charge is -2.17. The number of hydrogen-bond acceptors (Lipinski definition) is 3. The SMILES string of the molecule is CN(Cc1ccc(C(F)(F)F)cc1)C(=O)Cc1csc(-c2ccccc2)n1. The maximum absolute atomic E-state index is 12.6. The molecule has 0 unspecified atom stereocenters. The van der Waals surface area contributed by atoms with Crippen LogP contribution in [0.4, 0.5) is 13.2 Å². The standard InChI is InChI=1S/C20H17F3N2OS/c1-25(12-14-7-9-16(10-8-14)20(21,22)23)18(26)11-17-13-27-19(24-17)15-5-3-2-4-6-15/h2-10,13H,11-12H2,1H3. The molecule has 3 aromatic rings. The van der Waals surface area contributed by atoms with Crippen LogP contribution in [0.25, 0.3) is 10.6 Å². The molecule has 0 atom stereocenters. The molecule has 0 N–H and O–H groups in total. The average Bonchev–Trinajstić information content (AvgIpc) is 3.10. The van der Waals surface area contributed by atoms with Crippen LogP contribution in [0.2, 0.25) is 0 Å². The molecule has 0 spiro atoms. The van der Waals surface area contributed by atoms with Gasteiger partial charge < -0.3 is 4.90 Å². The Bertz CT molecular complexity index is 905.